The monoisotopic (exact) mass is 276 g/mol. The van der Waals surface area contributed by atoms with E-state index in [1.165, 1.54) is 0 Å². The van der Waals surface area contributed by atoms with Crippen molar-refractivity contribution in [1.82, 2.24) is 9.97 Å². The van der Waals surface area contributed by atoms with Gasteiger partial charge in [0.05, 0.1) is 4.47 Å². The first kappa shape index (κ1) is 11.9. The fourth-order valence-electron chi connectivity index (χ4n) is 1.41. The summed E-state index contributed by atoms with van der Waals surface area (Å²) in [6.07, 6.45) is 2.79. The van der Waals surface area contributed by atoms with E-state index in [4.69, 9.17) is 11.6 Å². The van der Waals surface area contributed by atoms with Crippen LogP contribution in [0.3, 0.4) is 0 Å². The van der Waals surface area contributed by atoms with E-state index in [1.807, 2.05) is 0 Å². The smallest absolute Gasteiger partial charge is 0.146 e. The second-order valence-corrected chi connectivity index (χ2v) is 5.11. The second kappa shape index (κ2) is 5.08. The molecule has 0 spiro atoms. The molecule has 1 rings (SSSR count). The number of aromatic nitrogens is 2. The molecule has 0 N–H and O–H groups in total. The van der Waals surface area contributed by atoms with Crippen LogP contribution in [0.4, 0.5) is 0 Å². The molecule has 1 atom stereocenters. The number of hydrogen-bond donors (Lipinski definition) is 0. The van der Waals surface area contributed by atoms with Gasteiger partial charge >= 0.3 is 0 Å². The fraction of sp³-hybridized carbons (Fsp3) is 0.600. The van der Waals surface area contributed by atoms with E-state index in [1.54, 1.807) is 6.20 Å². The molecule has 0 aliphatic heterocycles. The summed E-state index contributed by atoms with van der Waals surface area (Å²) in [5.74, 6) is 1.84. The van der Waals surface area contributed by atoms with Crippen molar-refractivity contribution in [2.75, 3.05) is 0 Å². The first-order valence-electron chi connectivity index (χ1n) is 4.68. The van der Waals surface area contributed by atoms with Gasteiger partial charge in [0, 0.05) is 12.1 Å². The zero-order valence-electron chi connectivity index (χ0n) is 8.59. The van der Waals surface area contributed by atoms with Crippen LogP contribution in [0.2, 0.25) is 5.15 Å². The van der Waals surface area contributed by atoms with Gasteiger partial charge in [-0.05, 0) is 28.3 Å². The largest absolute Gasteiger partial charge is 0.240 e. The molecule has 0 aliphatic rings. The molecule has 0 amide bonds. The highest BCUT2D eigenvalue weighted by molar-refractivity contribution is 9.10. The summed E-state index contributed by atoms with van der Waals surface area (Å²) in [4.78, 5) is 8.48. The minimum atomic E-state index is 0.362. The molecular weight excluding hydrogens is 263 g/mol. The third-order valence-electron chi connectivity index (χ3n) is 1.99. The van der Waals surface area contributed by atoms with E-state index in [9.17, 15) is 0 Å². The van der Waals surface area contributed by atoms with Crippen LogP contribution < -0.4 is 0 Å². The Morgan fingerprint density at radius 2 is 2.07 bits per heavy atom. The summed E-state index contributed by atoms with van der Waals surface area (Å²) in [6.45, 7) is 6.51. The normalized spacial score (nSPS) is 13.3. The van der Waals surface area contributed by atoms with Gasteiger partial charge < -0.3 is 0 Å². The van der Waals surface area contributed by atoms with Crippen molar-refractivity contribution in [1.29, 1.82) is 0 Å². The standard InChI is InChI=1S/C10H14BrClN2/c1-6(2)4-7(3)10-13-5-8(11)9(12)14-10/h5-7H,4H2,1-3H3. The van der Waals surface area contributed by atoms with E-state index < -0.39 is 0 Å². The zero-order valence-corrected chi connectivity index (χ0v) is 10.9. The molecule has 4 heteroatoms. The van der Waals surface area contributed by atoms with Crippen LogP contribution in [-0.2, 0) is 0 Å². The lowest BCUT2D eigenvalue weighted by Gasteiger charge is -2.12. The van der Waals surface area contributed by atoms with Crippen LogP contribution in [0, 0.1) is 5.92 Å². The van der Waals surface area contributed by atoms with Gasteiger partial charge in [-0.15, -0.1) is 0 Å². The molecule has 0 bridgehead atoms. The lowest BCUT2D eigenvalue weighted by atomic mass is 9.98. The van der Waals surface area contributed by atoms with Gasteiger partial charge in [0.15, 0.2) is 0 Å². The lowest BCUT2D eigenvalue weighted by molar-refractivity contribution is 0.507. The molecule has 0 radical (unpaired) electrons. The summed E-state index contributed by atoms with van der Waals surface area (Å²) in [5, 5.41) is 0.491. The Labute approximate surface area is 98.2 Å². The second-order valence-electron chi connectivity index (χ2n) is 3.90. The van der Waals surface area contributed by atoms with Gasteiger partial charge in [0.1, 0.15) is 11.0 Å². The van der Waals surface area contributed by atoms with Crippen LogP contribution in [0.5, 0.6) is 0 Å². The van der Waals surface area contributed by atoms with Crippen molar-refractivity contribution in [2.24, 2.45) is 5.92 Å². The quantitative estimate of drug-likeness (QED) is 0.779. The van der Waals surface area contributed by atoms with Gasteiger partial charge in [0.25, 0.3) is 0 Å². The van der Waals surface area contributed by atoms with E-state index in [0.717, 1.165) is 16.7 Å². The van der Waals surface area contributed by atoms with Crippen molar-refractivity contribution in [3.8, 4) is 0 Å². The van der Waals surface area contributed by atoms with E-state index in [2.05, 4.69) is 46.7 Å². The minimum Gasteiger partial charge on any atom is -0.240 e. The highest BCUT2D eigenvalue weighted by atomic mass is 79.9. The first-order chi connectivity index (χ1) is 6.50. The van der Waals surface area contributed by atoms with Crippen molar-refractivity contribution in [2.45, 2.75) is 33.1 Å². The summed E-state index contributed by atoms with van der Waals surface area (Å²) in [5.41, 5.74) is 0. The topological polar surface area (TPSA) is 25.8 Å². The predicted octanol–water partition coefficient (Wildman–Crippen LogP) is 4.04. The molecule has 1 aromatic rings. The van der Waals surface area contributed by atoms with Gasteiger partial charge in [-0.2, -0.15) is 0 Å². The van der Waals surface area contributed by atoms with Crippen molar-refractivity contribution < 1.29 is 0 Å². The molecule has 0 aromatic carbocycles. The lowest BCUT2D eigenvalue weighted by Crippen LogP contribution is -2.04. The zero-order chi connectivity index (χ0) is 10.7. The molecule has 1 aromatic heterocycles. The van der Waals surface area contributed by atoms with Gasteiger partial charge in [0.2, 0.25) is 0 Å². The number of rotatable bonds is 3. The van der Waals surface area contributed by atoms with Crippen molar-refractivity contribution in [3.05, 3.63) is 21.6 Å². The third-order valence-corrected chi connectivity index (χ3v) is 3.08. The van der Waals surface area contributed by atoms with E-state index in [0.29, 0.717) is 17.0 Å². The van der Waals surface area contributed by atoms with E-state index >= 15 is 0 Å². The molecular formula is C10H14BrClN2. The highest BCUT2D eigenvalue weighted by Crippen LogP contribution is 2.24. The maximum atomic E-state index is 5.90. The Bertz CT molecular complexity index is 315. The third kappa shape index (κ3) is 3.21. The molecule has 1 unspecified atom stereocenters. The number of hydrogen-bond acceptors (Lipinski definition) is 2. The number of halogens is 2. The Morgan fingerprint density at radius 1 is 1.43 bits per heavy atom. The van der Waals surface area contributed by atoms with Crippen LogP contribution in [0.15, 0.2) is 10.7 Å². The molecule has 78 valence electrons. The Morgan fingerprint density at radius 3 is 2.57 bits per heavy atom. The average molecular weight is 278 g/mol. The Balaban J connectivity index is 2.80. The molecule has 2 nitrogen and oxygen atoms in total. The molecule has 0 aliphatic carbocycles. The molecule has 1 heterocycles. The molecule has 14 heavy (non-hydrogen) atoms. The predicted molar refractivity (Wildman–Crippen MR) is 62.6 cm³/mol. The van der Waals surface area contributed by atoms with Gasteiger partial charge in [-0.3, -0.25) is 0 Å². The summed E-state index contributed by atoms with van der Waals surface area (Å²) < 4.78 is 0.750. The van der Waals surface area contributed by atoms with Crippen LogP contribution >= 0.6 is 27.5 Å². The van der Waals surface area contributed by atoms with Crippen molar-refractivity contribution >= 4 is 27.5 Å². The van der Waals surface area contributed by atoms with Crippen LogP contribution in [-0.4, -0.2) is 9.97 Å². The first-order valence-corrected chi connectivity index (χ1v) is 5.85. The SMILES string of the molecule is CC(C)CC(C)c1ncc(Br)c(Cl)n1. The average Bonchev–Trinajstić information content (AvgIpc) is 2.08. The minimum absolute atomic E-state index is 0.362. The molecule has 0 saturated carbocycles. The van der Waals surface area contributed by atoms with Gasteiger partial charge in [-0.25, -0.2) is 9.97 Å². The highest BCUT2D eigenvalue weighted by Gasteiger charge is 2.12. The fourth-order valence-corrected chi connectivity index (χ4v) is 1.74. The summed E-state index contributed by atoms with van der Waals surface area (Å²) in [6, 6.07) is 0. The van der Waals surface area contributed by atoms with Crippen LogP contribution in [0.1, 0.15) is 38.9 Å². The van der Waals surface area contributed by atoms with E-state index in [-0.39, 0.29) is 0 Å². The summed E-state index contributed by atoms with van der Waals surface area (Å²) >= 11 is 9.17. The maximum Gasteiger partial charge on any atom is 0.146 e. The molecule has 0 fully saturated rings. The Kier molecular flexibility index (Phi) is 4.32. The Hall–Kier alpha value is -0.150. The number of nitrogens with zero attached hydrogens (tertiary/aromatic N) is 2. The van der Waals surface area contributed by atoms with Gasteiger partial charge in [-0.1, -0.05) is 32.4 Å². The molecule has 0 saturated heterocycles. The van der Waals surface area contributed by atoms with Crippen molar-refractivity contribution in [3.63, 3.8) is 0 Å². The maximum absolute atomic E-state index is 5.90. The summed E-state index contributed by atoms with van der Waals surface area (Å²) in [7, 11) is 0. The van der Waals surface area contributed by atoms with Crippen LogP contribution in [0.25, 0.3) is 0 Å².